The van der Waals surface area contributed by atoms with Gasteiger partial charge < -0.3 is 0 Å². The number of fused-ring (bicyclic) bond motifs is 2. The number of benzene rings is 2. The van der Waals surface area contributed by atoms with Crippen molar-refractivity contribution in [2.24, 2.45) is 0 Å². The van der Waals surface area contributed by atoms with Crippen LogP contribution in [0.25, 0.3) is 38.2 Å². The molecular formula is C23H20N4S. The van der Waals surface area contributed by atoms with Crippen LogP contribution in [0.4, 0.5) is 0 Å². The van der Waals surface area contributed by atoms with Crippen molar-refractivity contribution in [3.63, 3.8) is 0 Å². The van der Waals surface area contributed by atoms with Gasteiger partial charge in [-0.2, -0.15) is 0 Å². The molecule has 0 saturated heterocycles. The van der Waals surface area contributed by atoms with Gasteiger partial charge in [0, 0.05) is 10.9 Å². The number of nitrogens with zero attached hydrogens (tertiary/aromatic N) is 4. The fourth-order valence-electron chi connectivity index (χ4n) is 3.70. The van der Waals surface area contributed by atoms with Gasteiger partial charge in [0.15, 0.2) is 5.82 Å². The first-order valence-corrected chi connectivity index (χ1v) is 10.3. The number of hydrogen-bond acceptors (Lipinski definition) is 4. The quantitative estimate of drug-likeness (QED) is 0.376. The molecule has 2 aromatic carbocycles. The first kappa shape index (κ1) is 17.1. The molecule has 0 spiro atoms. The topological polar surface area (TPSA) is 43.6 Å². The van der Waals surface area contributed by atoms with Gasteiger partial charge in [-0.1, -0.05) is 50.2 Å². The van der Waals surface area contributed by atoms with Gasteiger partial charge in [-0.25, -0.2) is 15.0 Å². The molecule has 0 aliphatic heterocycles. The average Bonchev–Trinajstić information content (AvgIpc) is 3.28. The lowest BCUT2D eigenvalue weighted by Gasteiger charge is -2.10. The molecule has 3 heterocycles. The smallest absolute Gasteiger partial charge is 0.151 e. The van der Waals surface area contributed by atoms with E-state index in [0.717, 1.165) is 32.9 Å². The summed E-state index contributed by atoms with van der Waals surface area (Å²) in [6, 6.07) is 17.0. The Morgan fingerprint density at radius 2 is 1.75 bits per heavy atom. The predicted molar refractivity (Wildman–Crippen MR) is 116 cm³/mol. The van der Waals surface area contributed by atoms with Crippen molar-refractivity contribution in [1.82, 2.24) is 19.5 Å². The van der Waals surface area contributed by atoms with Crippen molar-refractivity contribution in [2.45, 2.75) is 26.7 Å². The number of imidazole rings is 1. The summed E-state index contributed by atoms with van der Waals surface area (Å²) in [4.78, 5) is 14.9. The van der Waals surface area contributed by atoms with Crippen LogP contribution in [0.5, 0.6) is 0 Å². The molecule has 0 amide bonds. The molecule has 3 aromatic heterocycles. The Hall–Kier alpha value is -3.05. The maximum Gasteiger partial charge on any atom is 0.151 e. The minimum absolute atomic E-state index is 0.520. The zero-order valence-corrected chi connectivity index (χ0v) is 16.9. The van der Waals surface area contributed by atoms with E-state index >= 15 is 0 Å². The van der Waals surface area contributed by atoms with Gasteiger partial charge in [-0.15, -0.1) is 11.3 Å². The minimum Gasteiger partial charge on any atom is -0.280 e. The molecule has 5 rings (SSSR count). The highest BCUT2D eigenvalue weighted by molar-refractivity contribution is 7.17. The second-order valence-electron chi connectivity index (χ2n) is 7.29. The maximum atomic E-state index is 4.72. The molecule has 0 saturated carbocycles. The Morgan fingerprint density at radius 3 is 2.54 bits per heavy atom. The van der Waals surface area contributed by atoms with Crippen LogP contribution in [0.2, 0.25) is 0 Å². The fourth-order valence-corrected chi connectivity index (χ4v) is 4.61. The summed E-state index contributed by atoms with van der Waals surface area (Å²) in [7, 11) is 0. The number of hydrogen-bond donors (Lipinski definition) is 0. The molecule has 5 aromatic rings. The summed E-state index contributed by atoms with van der Waals surface area (Å²) in [5, 5.41) is 3.26. The Labute approximate surface area is 167 Å². The van der Waals surface area contributed by atoms with Gasteiger partial charge in [0.25, 0.3) is 0 Å². The molecule has 0 aliphatic rings. The second kappa shape index (κ2) is 6.53. The van der Waals surface area contributed by atoms with Crippen molar-refractivity contribution in [1.29, 1.82) is 0 Å². The van der Waals surface area contributed by atoms with Crippen molar-refractivity contribution in [3.8, 4) is 16.9 Å². The van der Waals surface area contributed by atoms with Crippen molar-refractivity contribution < 1.29 is 0 Å². The van der Waals surface area contributed by atoms with E-state index in [9.17, 15) is 0 Å². The molecule has 28 heavy (non-hydrogen) atoms. The summed E-state index contributed by atoms with van der Waals surface area (Å²) >= 11 is 1.66. The third-order valence-corrected chi connectivity index (χ3v) is 6.07. The summed E-state index contributed by atoms with van der Waals surface area (Å²) < 4.78 is 2.14. The van der Waals surface area contributed by atoms with E-state index in [4.69, 9.17) is 4.98 Å². The van der Waals surface area contributed by atoms with Gasteiger partial charge in [0.1, 0.15) is 17.0 Å². The predicted octanol–water partition coefficient (Wildman–Crippen LogP) is 6.13. The third kappa shape index (κ3) is 2.62. The SMILES string of the molecule is Cc1nc2ccccc2n1-c1ncnc2scc(-c3ccc(C(C)C)cc3)c12. The molecule has 0 fully saturated rings. The monoisotopic (exact) mass is 384 g/mol. The molecular weight excluding hydrogens is 364 g/mol. The molecule has 0 bridgehead atoms. The van der Waals surface area contributed by atoms with E-state index in [1.165, 1.54) is 16.7 Å². The second-order valence-corrected chi connectivity index (χ2v) is 8.14. The first-order chi connectivity index (χ1) is 13.6. The van der Waals surface area contributed by atoms with Crippen LogP contribution in [0, 0.1) is 6.92 Å². The van der Waals surface area contributed by atoms with Gasteiger partial charge in [0.05, 0.1) is 16.4 Å². The number of para-hydroxylation sites is 2. The van der Waals surface area contributed by atoms with Gasteiger partial charge in [-0.3, -0.25) is 4.57 Å². The Morgan fingerprint density at radius 1 is 0.964 bits per heavy atom. The van der Waals surface area contributed by atoms with E-state index in [2.05, 4.69) is 64.1 Å². The maximum absolute atomic E-state index is 4.72. The van der Waals surface area contributed by atoms with Crippen LogP contribution < -0.4 is 0 Å². The van der Waals surface area contributed by atoms with E-state index in [-0.39, 0.29) is 0 Å². The van der Waals surface area contributed by atoms with E-state index in [1.807, 2.05) is 25.1 Å². The van der Waals surface area contributed by atoms with Crippen LogP contribution in [0.3, 0.4) is 0 Å². The number of thiophene rings is 1. The standard InChI is InChI=1S/C23H20N4S/c1-14(2)16-8-10-17(11-9-16)18-12-28-23-21(18)22(24-13-25-23)27-15(3)26-19-6-4-5-7-20(19)27/h4-14H,1-3H3. The van der Waals surface area contributed by atoms with E-state index < -0.39 is 0 Å². The van der Waals surface area contributed by atoms with Crippen LogP contribution in [0.15, 0.2) is 60.2 Å². The van der Waals surface area contributed by atoms with Crippen molar-refractivity contribution >= 4 is 32.6 Å². The van der Waals surface area contributed by atoms with Gasteiger partial charge >= 0.3 is 0 Å². The summed E-state index contributed by atoms with van der Waals surface area (Å²) in [5.41, 5.74) is 5.74. The number of aromatic nitrogens is 4. The summed E-state index contributed by atoms with van der Waals surface area (Å²) in [5.74, 6) is 2.33. The Kier molecular flexibility index (Phi) is 3.98. The number of rotatable bonds is 3. The molecule has 0 radical (unpaired) electrons. The van der Waals surface area contributed by atoms with Crippen LogP contribution in [-0.2, 0) is 0 Å². The van der Waals surface area contributed by atoms with E-state index in [1.54, 1.807) is 17.7 Å². The molecule has 4 nitrogen and oxygen atoms in total. The highest BCUT2D eigenvalue weighted by atomic mass is 32.1. The highest BCUT2D eigenvalue weighted by Gasteiger charge is 2.18. The average molecular weight is 385 g/mol. The molecule has 138 valence electrons. The van der Waals surface area contributed by atoms with Crippen LogP contribution >= 0.6 is 11.3 Å². The molecule has 5 heteroatoms. The van der Waals surface area contributed by atoms with Crippen LogP contribution in [0.1, 0.15) is 31.2 Å². The highest BCUT2D eigenvalue weighted by Crippen LogP contribution is 2.37. The lowest BCUT2D eigenvalue weighted by atomic mass is 9.99. The van der Waals surface area contributed by atoms with Crippen LogP contribution in [-0.4, -0.2) is 19.5 Å². The van der Waals surface area contributed by atoms with Gasteiger partial charge in [-0.05, 0) is 36.1 Å². The largest absolute Gasteiger partial charge is 0.280 e. The van der Waals surface area contributed by atoms with Crippen molar-refractivity contribution in [2.75, 3.05) is 0 Å². The Bertz CT molecular complexity index is 1300. The molecule has 0 atom stereocenters. The lowest BCUT2D eigenvalue weighted by Crippen LogP contribution is -2.01. The molecule has 0 unspecified atom stereocenters. The fraction of sp³-hybridized carbons (Fsp3) is 0.174. The zero-order chi connectivity index (χ0) is 19.3. The molecule has 0 N–H and O–H groups in total. The van der Waals surface area contributed by atoms with Gasteiger partial charge in [0.2, 0.25) is 0 Å². The lowest BCUT2D eigenvalue weighted by molar-refractivity contribution is 0.867. The number of aryl methyl sites for hydroxylation is 1. The normalized spacial score (nSPS) is 11.7. The van der Waals surface area contributed by atoms with E-state index in [0.29, 0.717) is 5.92 Å². The summed E-state index contributed by atoms with van der Waals surface area (Å²) in [6.45, 7) is 6.46. The van der Waals surface area contributed by atoms with Crippen molar-refractivity contribution in [3.05, 3.63) is 71.6 Å². The Balaban J connectivity index is 1.77. The minimum atomic E-state index is 0.520. The molecule has 0 aliphatic carbocycles. The zero-order valence-electron chi connectivity index (χ0n) is 16.0. The summed E-state index contributed by atoms with van der Waals surface area (Å²) in [6.07, 6.45) is 1.65. The first-order valence-electron chi connectivity index (χ1n) is 9.40. The third-order valence-electron chi connectivity index (χ3n) is 5.18.